The topological polar surface area (TPSA) is 76.5 Å². The lowest BCUT2D eigenvalue weighted by Crippen LogP contribution is -2.35. The molecule has 1 N–H and O–H groups in total. The van der Waals surface area contributed by atoms with E-state index in [1.54, 1.807) is 13.3 Å². The van der Waals surface area contributed by atoms with Crippen molar-refractivity contribution in [3.63, 3.8) is 0 Å². The lowest BCUT2D eigenvalue weighted by atomic mass is 10.1. The molecule has 150 valence electrons. The van der Waals surface area contributed by atoms with Crippen LogP contribution in [0.15, 0.2) is 42.7 Å². The van der Waals surface area contributed by atoms with Gasteiger partial charge in [0.2, 0.25) is 11.8 Å². The molecule has 28 heavy (non-hydrogen) atoms. The Balaban J connectivity index is 1.45. The Morgan fingerprint density at radius 2 is 2.21 bits per heavy atom. The highest BCUT2D eigenvalue weighted by molar-refractivity contribution is 5.78. The van der Waals surface area contributed by atoms with Crippen molar-refractivity contribution in [2.24, 2.45) is 0 Å². The number of rotatable bonds is 8. The molecule has 7 nitrogen and oxygen atoms in total. The van der Waals surface area contributed by atoms with Crippen LogP contribution in [0.1, 0.15) is 37.7 Å². The van der Waals surface area contributed by atoms with Crippen molar-refractivity contribution in [1.29, 1.82) is 0 Å². The van der Waals surface area contributed by atoms with Crippen LogP contribution in [0.3, 0.4) is 0 Å². The zero-order valence-corrected chi connectivity index (χ0v) is 16.3. The molecule has 0 spiro atoms. The van der Waals surface area contributed by atoms with Gasteiger partial charge in [-0.2, -0.15) is 5.10 Å². The highest BCUT2D eigenvalue weighted by Gasteiger charge is 2.23. The van der Waals surface area contributed by atoms with Crippen LogP contribution in [0.5, 0.6) is 5.75 Å². The molecule has 3 rings (SSSR count). The monoisotopic (exact) mass is 384 g/mol. The average molecular weight is 384 g/mol. The minimum absolute atomic E-state index is 0.0471. The van der Waals surface area contributed by atoms with Gasteiger partial charge >= 0.3 is 0 Å². The number of hydrogen-bond acceptors (Lipinski definition) is 4. The molecule has 1 aromatic carbocycles. The second-order valence-electron chi connectivity index (χ2n) is 7.13. The Labute approximate surface area is 165 Å². The third-order valence-electron chi connectivity index (χ3n) is 5.03. The van der Waals surface area contributed by atoms with E-state index in [2.05, 4.69) is 10.4 Å². The lowest BCUT2D eigenvalue weighted by molar-refractivity contribution is -0.131. The summed E-state index contributed by atoms with van der Waals surface area (Å²) in [6, 6.07) is 9.71. The zero-order chi connectivity index (χ0) is 19.8. The molecule has 1 atom stereocenters. The molecule has 1 unspecified atom stereocenters. The fraction of sp³-hybridized carbons (Fsp3) is 0.476. The predicted octanol–water partition coefficient (Wildman–Crippen LogP) is 2.37. The summed E-state index contributed by atoms with van der Waals surface area (Å²) in [4.78, 5) is 26.6. The predicted molar refractivity (Wildman–Crippen MR) is 106 cm³/mol. The molecule has 1 aliphatic rings. The van der Waals surface area contributed by atoms with Crippen molar-refractivity contribution in [2.45, 2.75) is 51.2 Å². The van der Waals surface area contributed by atoms with E-state index in [0.717, 1.165) is 30.7 Å². The second kappa shape index (κ2) is 9.92. The molecule has 1 saturated heterocycles. The van der Waals surface area contributed by atoms with E-state index in [9.17, 15) is 9.59 Å². The Bertz CT molecular complexity index is 776. The number of nitrogens with one attached hydrogen (secondary N) is 1. The Morgan fingerprint density at radius 3 is 3.00 bits per heavy atom. The number of benzene rings is 1. The Morgan fingerprint density at radius 1 is 1.32 bits per heavy atom. The summed E-state index contributed by atoms with van der Waals surface area (Å²) in [5, 5.41) is 7.23. The van der Waals surface area contributed by atoms with Crippen LogP contribution in [0.4, 0.5) is 0 Å². The molecular formula is C21H28N4O3. The molecule has 0 radical (unpaired) electrons. The van der Waals surface area contributed by atoms with Crippen LogP contribution < -0.4 is 10.1 Å². The molecule has 1 aromatic heterocycles. The van der Waals surface area contributed by atoms with Crippen LogP contribution in [0.25, 0.3) is 0 Å². The highest BCUT2D eigenvalue weighted by Crippen LogP contribution is 2.18. The Kier molecular flexibility index (Phi) is 7.06. The number of carbonyl (C=O) groups excluding carboxylic acids is 2. The van der Waals surface area contributed by atoms with Gasteiger partial charge in [0.15, 0.2) is 0 Å². The number of aryl methyl sites for hydroxylation is 1. The van der Waals surface area contributed by atoms with Gasteiger partial charge in [0.1, 0.15) is 5.75 Å². The third-order valence-corrected chi connectivity index (χ3v) is 5.03. The standard InChI is InChI=1S/C21H28N4O3/c1-28-19-6-2-5-17(15-19)16-24-14-10-18(8-9-21(24)27)23-20(26)7-3-12-25-13-4-11-22-25/h2,4-6,11,13,15,18H,3,7-10,12,14,16H2,1H3,(H,23,26). The van der Waals surface area contributed by atoms with Crippen molar-refractivity contribution in [3.8, 4) is 5.75 Å². The van der Waals surface area contributed by atoms with Gasteiger partial charge in [0.05, 0.1) is 7.11 Å². The van der Waals surface area contributed by atoms with Gasteiger partial charge < -0.3 is 15.0 Å². The first kappa shape index (κ1) is 19.9. The van der Waals surface area contributed by atoms with Crippen LogP contribution in [-0.4, -0.2) is 46.2 Å². The number of carbonyl (C=O) groups is 2. The van der Waals surface area contributed by atoms with Gasteiger partial charge in [0, 0.05) is 50.9 Å². The first-order chi connectivity index (χ1) is 13.6. The maximum atomic E-state index is 12.5. The maximum absolute atomic E-state index is 12.5. The van der Waals surface area contributed by atoms with Crippen molar-refractivity contribution >= 4 is 11.8 Å². The highest BCUT2D eigenvalue weighted by atomic mass is 16.5. The number of nitrogens with zero attached hydrogens (tertiary/aromatic N) is 3. The van der Waals surface area contributed by atoms with Gasteiger partial charge in [0.25, 0.3) is 0 Å². The molecule has 2 heterocycles. The molecular weight excluding hydrogens is 356 g/mol. The molecule has 7 heteroatoms. The molecule has 2 amide bonds. The van der Waals surface area contributed by atoms with Crippen LogP contribution in [-0.2, 0) is 22.7 Å². The largest absolute Gasteiger partial charge is 0.497 e. The fourth-order valence-electron chi connectivity index (χ4n) is 3.47. The summed E-state index contributed by atoms with van der Waals surface area (Å²) in [6.07, 6.45) is 6.78. The van der Waals surface area contributed by atoms with Gasteiger partial charge in [-0.05, 0) is 43.0 Å². The fourth-order valence-corrected chi connectivity index (χ4v) is 3.47. The molecule has 0 saturated carbocycles. The molecule has 1 fully saturated rings. The average Bonchev–Trinajstić information content (AvgIpc) is 3.16. The maximum Gasteiger partial charge on any atom is 0.222 e. The number of ether oxygens (including phenoxy) is 1. The lowest BCUT2D eigenvalue weighted by Gasteiger charge is -2.21. The molecule has 1 aliphatic heterocycles. The first-order valence-electron chi connectivity index (χ1n) is 9.81. The summed E-state index contributed by atoms with van der Waals surface area (Å²) in [6.45, 7) is 1.95. The number of likely N-dealkylation sites (tertiary alicyclic amines) is 1. The normalized spacial score (nSPS) is 17.2. The van der Waals surface area contributed by atoms with Crippen molar-refractivity contribution in [2.75, 3.05) is 13.7 Å². The van der Waals surface area contributed by atoms with Crippen molar-refractivity contribution in [1.82, 2.24) is 20.0 Å². The summed E-state index contributed by atoms with van der Waals surface area (Å²) in [5.74, 6) is 0.976. The van der Waals surface area contributed by atoms with Crippen LogP contribution >= 0.6 is 0 Å². The van der Waals surface area contributed by atoms with E-state index in [-0.39, 0.29) is 17.9 Å². The number of aromatic nitrogens is 2. The minimum Gasteiger partial charge on any atom is -0.497 e. The molecule has 2 aromatic rings. The number of amides is 2. The SMILES string of the molecule is COc1cccc(CN2CCC(NC(=O)CCCn3cccn3)CCC2=O)c1. The quantitative estimate of drug-likeness (QED) is 0.758. The molecule has 0 aliphatic carbocycles. The van der Waals surface area contributed by atoms with E-state index in [0.29, 0.717) is 32.4 Å². The zero-order valence-electron chi connectivity index (χ0n) is 16.3. The summed E-state index contributed by atoms with van der Waals surface area (Å²) in [7, 11) is 1.64. The van der Waals surface area contributed by atoms with Crippen LogP contribution in [0, 0.1) is 0 Å². The third kappa shape index (κ3) is 5.84. The second-order valence-corrected chi connectivity index (χ2v) is 7.13. The summed E-state index contributed by atoms with van der Waals surface area (Å²) < 4.78 is 7.08. The van der Waals surface area contributed by atoms with E-state index in [1.165, 1.54) is 0 Å². The van der Waals surface area contributed by atoms with Crippen molar-refractivity contribution < 1.29 is 14.3 Å². The van der Waals surface area contributed by atoms with Crippen molar-refractivity contribution in [3.05, 3.63) is 48.3 Å². The van der Waals surface area contributed by atoms with E-state index < -0.39 is 0 Å². The Hall–Kier alpha value is -2.83. The summed E-state index contributed by atoms with van der Waals surface area (Å²) >= 11 is 0. The van der Waals surface area contributed by atoms with Gasteiger partial charge in [-0.3, -0.25) is 14.3 Å². The summed E-state index contributed by atoms with van der Waals surface area (Å²) in [5.41, 5.74) is 1.05. The number of hydrogen-bond donors (Lipinski definition) is 1. The first-order valence-corrected chi connectivity index (χ1v) is 9.81. The van der Waals surface area contributed by atoms with E-state index in [1.807, 2.05) is 46.1 Å². The smallest absolute Gasteiger partial charge is 0.222 e. The van der Waals surface area contributed by atoms with E-state index in [4.69, 9.17) is 4.74 Å². The molecule has 0 bridgehead atoms. The van der Waals surface area contributed by atoms with Gasteiger partial charge in [-0.15, -0.1) is 0 Å². The minimum atomic E-state index is 0.0471. The van der Waals surface area contributed by atoms with E-state index >= 15 is 0 Å². The van der Waals surface area contributed by atoms with Gasteiger partial charge in [-0.25, -0.2) is 0 Å². The van der Waals surface area contributed by atoms with Gasteiger partial charge in [-0.1, -0.05) is 12.1 Å². The van der Waals surface area contributed by atoms with Crippen LogP contribution in [0.2, 0.25) is 0 Å². The number of methoxy groups -OCH3 is 1.